The summed E-state index contributed by atoms with van der Waals surface area (Å²) in [6.07, 6.45) is 1.74. The molecule has 20 heavy (non-hydrogen) atoms. The molecule has 0 aliphatic rings. The maximum absolute atomic E-state index is 12.2. The number of halogens is 1. The van der Waals surface area contributed by atoms with Crippen LogP contribution in [-0.4, -0.2) is 10.9 Å². The fraction of sp³-hybridized carbons (Fsp3) is 0.0769. The van der Waals surface area contributed by atoms with Gasteiger partial charge in [-0.3, -0.25) is 9.78 Å². The second kappa shape index (κ2) is 5.40. The molecule has 0 spiro atoms. The van der Waals surface area contributed by atoms with E-state index < -0.39 is 0 Å². The highest BCUT2D eigenvalue weighted by Crippen LogP contribution is 2.35. The fourth-order valence-corrected chi connectivity index (χ4v) is 3.56. The van der Waals surface area contributed by atoms with E-state index in [2.05, 4.69) is 10.3 Å². The van der Waals surface area contributed by atoms with Crippen molar-refractivity contribution in [2.75, 3.05) is 5.73 Å². The smallest absolute Gasteiger partial charge is 0.263 e. The minimum Gasteiger partial charge on any atom is -0.397 e. The molecule has 0 fully saturated rings. The Hall–Kier alpha value is -1.63. The minimum absolute atomic E-state index is 0.173. The lowest BCUT2D eigenvalue weighted by molar-refractivity contribution is 0.0956. The van der Waals surface area contributed by atoms with E-state index in [0.29, 0.717) is 22.1 Å². The van der Waals surface area contributed by atoms with E-state index in [4.69, 9.17) is 17.3 Å². The number of nitrogens with one attached hydrogen (secondary N) is 1. The zero-order valence-electron chi connectivity index (χ0n) is 10.2. The van der Waals surface area contributed by atoms with Crippen molar-refractivity contribution in [3.63, 3.8) is 0 Å². The van der Waals surface area contributed by atoms with Gasteiger partial charge in [-0.25, -0.2) is 0 Å². The van der Waals surface area contributed by atoms with Crippen LogP contribution in [0.2, 0.25) is 5.02 Å². The van der Waals surface area contributed by atoms with Crippen LogP contribution in [0, 0.1) is 0 Å². The van der Waals surface area contributed by atoms with Crippen LogP contribution in [-0.2, 0) is 6.54 Å². The quantitative estimate of drug-likeness (QED) is 0.775. The number of aromatic nitrogens is 1. The van der Waals surface area contributed by atoms with Gasteiger partial charge in [0.2, 0.25) is 0 Å². The molecule has 0 bridgehead atoms. The number of nitrogens with zero attached hydrogens (tertiary/aromatic N) is 1. The van der Waals surface area contributed by atoms with Gasteiger partial charge in [0.15, 0.2) is 0 Å². The third-order valence-electron chi connectivity index (χ3n) is 2.80. The summed E-state index contributed by atoms with van der Waals surface area (Å²) in [6.45, 7) is 0.456. The predicted molar refractivity (Wildman–Crippen MR) is 84.5 cm³/mol. The molecule has 1 amide bonds. The van der Waals surface area contributed by atoms with Crippen LogP contribution in [0.25, 0.3) is 10.1 Å². The number of thiazole rings is 1. The summed E-state index contributed by atoms with van der Waals surface area (Å²) in [4.78, 5) is 17.7. The monoisotopic (exact) mass is 323 g/mol. The largest absolute Gasteiger partial charge is 0.397 e. The van der Waals surface area contributed by atoms with E-state index in [1.165, 1.54) is 22.7 Å². The Morgan fingerprint density at radius 3 is 3.05 bits per heavy atom. The summed E-state index contributed by atoms with van der Waals surface area (Å²) < 4.78 is 0.954. The van der Waals surface area contributed by atoms with Gasteiger partial charge in [0.05, 0.1) is 17.7 Å². The molecule has 0 saturated carbocycles. The summed E-state index contributed by atoms with van der Waals surface area (Å²) in [6, 6.07) is 5.44. The van der Waals surface area contributed by atoms with Crippen molar-refractivity contribution in [1.82, 2.24) is 10.3 Å². The third-order valence-corrected chi connectivity index (χ3v) is 5.00. The van der Waals surface area contributed by atoms with Crippen LogP contribution in [0.1, 0.15) is 14.5 Å². The molecule has 3 rings (SSSR count). The van der Waals surface area contributed by atoms with E-state index in [1.54, 1.807) is 23.8 Å². The zero-order valence-corrected chi connectivity index (χ0v) is 12.6. The van der Waals surface area contributed by atoms with Crippen molar-refractivity contribution in [1.29, 1.82) is 0 Å². The summed E-state index contributed by atoms with van der Waals surface area (Å²) in [5.74, 6) is -0.173. The number of carbonyl (C=O) groups is 1. The Balaban J connectivity index is 1.86. The van der Waals surface area contributed by atoms with Crippen molar-refractivity contribution in [2.24, 2.45) is 0 Å². The van der Waals surface area contributed by atoms with E-state index in [9.17, 15) is 4.79 Å². The van der Waals surface area contributed by atoms with Crippen molar-refractivity contribution in [3.05, 3.63) is 44.7 Å². The molecular formula is C13H10ClN3OS2. The molecule has 0 aliphatic carbocycles. The van der Waals surface area contributed by atoms with Gasteiger partial charge in [0, 0.05) is 26.2 Å². The molecule has 7 heteroatoms. The van der Waals surface area contributed by atoms with Gasteiger partial charge in [-0.15, -0.1) is 22.7 Å². The molecule has 0 unspecified atom stereocenters. The first-order chi connectivity index (χ1) is 9.65. The first kappa shape index (κ1) is 13.4. The summed E-state index contributed by atoms with van der Waals surface area (Å²) >= 11 is 8.82. The number of anilines is 1. The molecule has 0 atom stereocenters. The fourth-order valence-electron chi connectivity index (χ4n) is 1.83. The summed E-state index contributed by atoms with van der Waals surface area (Å²) in [5.41, 5.74) is 8.25. The highest BCUT2D eigenvalue weighted by atomic mass is 35.5. The molecule has 0 saturated heterocycles. The number of benzene rings is 1. The maximum atomic E-state index is 12.2. The molecular weight excluding hydrogens is 314 g/mol. The number of hydrogen-bond acceptors (Lipinski definition) is 5. The number of hydrogen-bond donors (Lipinski definition) is 2. The van der Waals surface area contributed by atoms with Crippen LogP contribution >= 0.6 is 34.3 Å². The van der Waals surface area contributed by atoms with Crippen LogP contribution in [0.15, 0.2) is 29.9 Å². The number of thiophene rings is 1. The predicted octanol–water partition coefficient (Wildman–Crippen LogP) is 3.52. The molecule has 0 aliphatic heterocycles. The Kier molecular flexibility index (Phi) is 3.60. The van der Waals surface area contributed by atoms with E-state index >= 15 is 0 Å². The van der Waals surface area contributed by atoms with Crippen LogP contribution in [0.5, 0.6) is 0 Å². The van der Waals surface area contributed by atoms with Gasteiger partial charge in [-0.1, -0.05) is 11.6 Å². The topological polar surface area (TPSA) is 68.0 Å². The standard InChI is InChI=1S/C13H10ClN3OS2/c14-7-1-2-10-9(3-7)11(15)12(20-10)13(18)17-5-8-4-16-6-19-8/h1-4,6H,5,15H2,(H,17,18). The zero-order chi connectivity index (χ0) is 14.1. The molecule has 3 aromatic rings. The average Bonchev–Trinajstić information content (AvgIpc) is 3.05. The van der Waals surface area contributed by atoms with Crippen molar-refractivity contribution >= 4 is 56.0 Å². The first-order valence-electron chi connectivity index (χ1n) is 5.78. The summed E-state index contributed by atoms with van der Waals surface area (Å²) in [7, 11) is 0. The normalized spacial score (nSPS) is 10.8. The first-order valence-corrected chi connectivity index (χ1v) is 7.85. The van der Waals surface area contributed by atoms with Gasteiger partial charge in [0.1, 0.15) is 4.88 Å². The van der Waals surface area contributed by atoms with Gasteiger partial charge in [-0.05, 0) is 18.2 Å². The Bertz CT molecular complexity index is 767. The lowest BCUT2D eigenvalue weighted by Gasteiger charge is -2.02. The number of fused-ring (bicyclic) bond motifs is 1. The number of nitrogen functional groups attached to an aromatic ring is 1. The molecule has 3 N–H and O–H groups in total. The molecule has 2 heterocycles. The highest BCUT2D eigenvalue weighted by Gasteiger charge is 2.16. The second-order valence-electron chi connectivity index (χ2n) is 4.14. The van der Waals surface area contributed by atoms with Gasteiger partial charge < -0.3 is 11.1 Å². The third kappa shape index (κ3) is 2.49. The van der Waals surface area contributed by atoms with Crippen molar-refractivity contribution < 1.29 is 4.79 Å². The maximum Gasteiger partial charge on any atom is 0.263 e. The number of amides is 1. The molecule has 2 aromatic heterocycles. The molecule has 4 nitrogen and oxygen atoms in total. The Morgan fingerprint density at radius 1 is 1.45 bits per heavy atom. The molecule has 0 radical (unpaired) electrons. The minimum atomic E-state index is -0.173. The van der Waals surface area contributed by atoms with Crippen molar-refractivity contribution in [2.45, 2.75) is 6.54 Å². The lowest BCUT2D eigenvalue weighted by atomic mass is 10.2. The van der Waals surface area contributed by atoms with Crippen LogP contribution in [0.4, 0.5) is 5.69 Å². The van der Waals surface area contributed by atoms with Gasteiger partial charge in [-0.2, -0.15) is 0 Å². The van der Waals surface area contributed by atoms with Gasteiger partial charge in [0.25, 0.3) is 5.91 Å². The van der Waals surface area contributed by atoms with Crippen LogP contribution in [0.3, 0.4) is 0 Å². The second-order valence-corrected chi connectivity index (χ2v) is 6.60. The average molecular weight is 324 g/mol. The molecule has 1 aromatic carbocycles. The highest BCUT2D eigenvalue weighted by molar-refractivity contribution is 7.21. The molecule has 102 valence electrons. The van der Waals surface area contributed by atoms with E-state index in [0.717, 1.165) is 15.0 Å². The van der Waals surface area contributed by atoms with Gasteiger partial charge >= 0.3 is 0 Å². The van der Waals surface area contributed by atoms with Crippen LogP contribution < -0.4 is 11.1 Å². The number of rotatable bonds is 3. The van der Waals surface area contributed by atoms with E-state index in [-0.39, 0.29) is 5.91 Å². The SMILES string of the molecule is Nc1c(C(=O)NCc2cncs2)sc2ccc(Cl)cc12. The summed E-state index contributed by atoms with van der Waals surface area (Å²) in [5, 5.41) is 4.28. The van der Waals surface area contributed by atoms with Crippen molar-refractivity contribution in [3.8, 4) is 0 Å². The number of nitrogens with two attached hydrogens (primary N) is 1. The Morgan fingerprint density at radius 2 is 2.30 bits per heavy atom. The van der Waals surface area contributed by atoms with E-state index in [1.807, 2.05) is 6.07 Å². The Labute approximate surface area is 128 Å². The number of carbonyl (C=O) groups excluding carboxylic acids is 1. The lowest BCUT2D eigenvalue weighted by Crippen LogP contribution is -2.22.